The third kappa shape index (κ3) is 3.48. The molecule has 138 valence electrons. The number of carbonyl (C=O) groups excluding carboxylic acids is 2. The lowest BCUT2D eigenvalue weighted by molar-refractivity contribution is -0.122. The van der Waals surface area contributed by atoms with Crippen molar-refractivity contribution >= 4 is 27.6 Å². The Hall–Kier alpha value is -2.27. The summed E-state index contributed by atoms with van der Waals surface area (Å²) in [6, 6.07) is 12.9. The minimum absolute atomic E-state index is 0.0623. The Morgan fingerprint density at radius 3 is 2.41 bits per heavy atom. The maximum Gasteiger partial charge on any atom is 0.225 e. The zero-order chi connectivity index (χ0) is 19.1. The quantitative estimate of drug-likeness (QED) is 0.740. The van der Waals surface area contributed by atoms with E-state index in [2.05, 4.69) is 33.4 Å². The van der Waals surface area contributed by atoms with E-state index < -0.39 is 0 Å². The molecule has 2 aromatic carbocycles. The molecule has 3 nitrogen and oxygen atoms in total. The van der Waals surface area contributed by atoms with Gasteiger partial charge in [0.2, 0.25) is 5.91 Å². The fourth-order valence-corrected chi connectivity index (χ4v) is 4.44. The molecule has 1 aliphatic carbocycles. The Bertz CT molecular complexity index is 965. The highest BCUT2D eigenvalue weighted by atomic mass is 79.9. The van der Waals surface area contributed by atoms with Crippen molar-refractivity contribution in [2.45, 2.75) is 38.0 Å². The third-order valence-corrected chi connectivity index (χ3v) is 6.04. The van der Waals surface area contributed by atoms with Crippen molar-refractivity contribution in [1.82, 2.24) is 5.32 Å². The summed E-state index contributed by atoms with van der Waals surface area (Å²) >= 11 is 3.20. The zero-order valence-corrected chi connectivity index (χ0v) is 16.5. The minimum Gasteiger partial charge on any atom is -0.329 e. The van der Waals surface area contributed by atoms with Crippen molar-refractivity contribution in [3.63, 3.8) is 0 Å². The number of aryl methyl sites for hydroxylation is 1. The fraction of sp³-hybridized carbons (Fsp3) is 0.273. The van der Waals surface area contributed by atoms with Crippen LogP contribution in [-0.4, -0.2) is 11.7 Å². The first-order chi connectivity index (χ1) is 12.9. The molecule has 1 amide bonds. The van der Waals surface area contributed by atoms with Gasteiger partial charge in [-0.3, -0.25) is 9.59 Å². The van der Waals surface area contributed by atoms with Crippen LogP contribution in [0.25, 0.3) is 0 Å². The maximum atomic E-state index is 13.6. The van der Waals surface area contributed by atoms with Crippen molar-refractivity contribution in [3.8, 4) is 0 Å². The average Bonchev–Trinajstić information content (AvgIpc) is 2.63. The average molecular weight is 428 g/mol. The van der Waals surface area contributed by atoms with Gasteiger partial charge in [-0.1, -0.05) is 35.9 Å². The molecule has 0 aromatic heterocycles. The van der Waals surface area contributed by atoms with Crippen LogP contribution >= 0.6 is 15.9 Å². The number of Topliss-reactive ketones (excluding diaryl/α,β-unsaturated/α-hetero) is 1. The first-order valence-corrected chi connectivity index (χ1v) is 9.79. The van der Waals surface area contributed by atoms with Crippen LogP contribution in [0.4, 0.5) is 4.39 Å². The highest BCUT2D eigenvalue weighted by Crippen LogP contribution is 2.43. The van der Waals surface area contributed by atoms with E-state index in [9.17, 15) is 14.0 Å². The number of hydrogen-bond acceptors (Lipinski definition) is 2. The van der Waals surface area contributed by atoms with Crippen LogP contribution in [0.3, 0.4) is 0 Å². The molecule has 0 saturated heterocycles. The standard InChI is InChI=1S/C22H19BrFNO2/c1-12-2-4-13(5-3-12)15-9-19-22(20(26)10-15)16(11-21(27)25-19)14-6-7-18(24)17(23)8-14/h2-8,15-16H,9-11H2,1H3,(H,25,27). The second-order valence-corrected chi connectivity index (χ2v) is 8.16. The van der Waals surface area contributed by atoms with E-state index in [1.165, 1.54) is 11.6 Å². The van der Waals surface area contributed by atoms with Gasteiger partial charge in [0.05, 0.1) is 4.47 Å². The molecule has 4 rings (SSSR count). The summed E-state index contributed by atoms with van der Waals surface area (Å²) in [6.45, 7) is 2.03. The molecule has 0 fully saturated rings. The van der Waals surface area contributed by atoms with E-state index >= 15 is 0 Å². The zero-order valence-electron chi connectivity index (χ0n) is 14.9. The molecule has 2 aromatic rings. The van der Waals surface area contributed by atoms with Crippen LogP contribution in [-0.2, 0) is 9.59 Å². The van der Waals surface area contributed by atoms with Crippen molar-refractivity contribution in [3.05, 3.63) is 80.7 Å². The van der Waals surface area contributed by atoms with Gasteiger partial charge in [-0.15, -0.1) is 0 Å². The Kier molecular flexibility index (Phi) is 4.72. The maximum absolute atomic E-state index is 13.6. The van der Waals surface area contributed by atoms with Gasteiger partial charge in [-0.25, -0.2) is 4.39 Å². The molecule has 0 saturated carbocycles. The van der Waals surface area contributed by atoms with E-state index in [1.807, 2.05) is 19.1 Å². The van der Waals surface area contributed by atoms with Gasteiger partial charge < -0.3 is 5.32 Å². The summed E-state index contributed by atoms with van der Waals surface area (Å²) in [4.78, 5) is 25.3. The molecular formula is C22H19BrFNO2. The van der Waals surface area contributed by atoms with E-state index in [0.717, 1.165) is 16.8 Å². The Morgan fingerprint density at radius 2 is 1.70 bits per heavy atom. The lowest BCUT2D eigenvalue weighted by atomic mass is 9.73. The van der Waals surface area contributed by atoms with E-state index in [4.69, 9.17) is 0 Å². The molecule has 2 atom stereocenters. The lowest BCUT2D eigenvalue weighted by Gasteiger charge is -2.34. The lowest BCUT2D eigenvalue weighted by Crippen LogP contribution is -2.38. The number of halogens is 2. The first kappa shape index (κ1) is 18.1. The monoisotopic (exact) mass is 427 g/mol. The van der Waals surface area contributed by atoms with Gasteiger partial charge in [0.25, 0.3) is 0 Å². The summed E-state index contributed by atoms with van der Waals surface area (Å²) in [5, 5.41) is 2.92. The predicted octanol–water partition coefficient (Wildman–Crippen LogP) is 4.90. The molecule has 1 N–H and O–H groups in total. The van der Waals surface area contributed by atoms with Crippen molar-refractivity contribution < 1.29 is 14.0 Å². The summed E-state index contributed by atoms with van der Waals surface area (Å²) in [5.41, 5.74) is 4.47. The largest absolute Gasteiger partial charge is 0.329 e. The summed E-state index contributed by atoms with van der Waals surface area (Å²) in [5.74, 6) is -0.653. The van der Waals surface area contributed by atoms with Crippen molar-refractivity contribution in [1.29, 1.82) is 0 Å². The molecule has 2 unspecified atom stereocenters. The second kappa shape index (κ2) is 7.04. The molecule has 2 aliphatic rings. The number of allylic oxidation sites excluding steroid dienone is 2. The Morgan fingerprint density at radius 1 is 1.00 bits per heavy atom. The van der Waals surface area contributed by atoms with Gasteiger partial charge in [-0.05, 0) is 58.5 Å². The summed E-state index contributed by atoms with van der Waals surface area (Å²) in [7, 11) is 0. The number of rotatable bonds is 2. The molecule has 27 heavy (non-hydrogen) atoms. The van der Waals surface area contributed by atoms with Gasteiger partial charge in [-0.2, -0.15) is 0 Å². The van der Waals surface area contributed by atoms with Crippen LogP contribution in [0.5, 0.6) is 0 Å². The van der Waals surface area contributed by atoms with Crippen LogP contribution < -0.4 is 5.32 Å². The molecule has 0 radical (unpaired) electrons. The minimum atomic E-state index is -0.359. The Labute approximate surface area is 165 Å². The van der Waals surface area contributed by atoms with E-state index in [0.29, 0.717) is 22.9 Å². The number of nitrogens with one attached hydrogen (secondary N) is 1. The van der Waals surface area contributed by atoms with Crippen LogP contribution in [0, 0.1) is 12.7 Å². The number of amides is 1. The molecule has 0 bridgehead atoms. The molecular weight excluding hydrogens is 409 g/mol. The SMILES string of the molecule is Cc1ccc(C2CC(=O)C3=C(C2)NC(=O)CC3c2ccc(F)c(Br)c2)cc1. The van der Waals surface area contributed by atoms with Crippen LogP contribution in [0.15, 0.2) is 58.2 Å². The van der Waals surface area contributed by atoms with Crippen molar-refractivity contribution in [2.75, 3.05) is 0 Å². The van der Waals surface area contributed by atoms with Gasteiger partial charge in [0.1, 0.15) is 5.82 Å². The highest BCUT2D eigenvalue weighted by Gasteiger charge is 2.38. The van der Waals surface area contributed by atoms with Gasteiger partial charge in [0.15, 0.2) is 5.78 Å². The molecule has 0 spiro atoms. The normalized spacial score (nSPS) is 22.5. The fourth-order valence-electron chi connectivity index (χ4n) is 4.05. The number of hydrogen-bond donors (Lipinski definition) is 1. The topological polar surface area (TPSA) is 46.2 Å². The molecule has 5 heteroatoms. The molecule has 1 heterocycles. The molecule has 1 aliphatic heterocycles. The predicted molar refractivity (Wildman–Crippen MR) is 105 cm³/mol. The smallest absolute Gasteiger partial charge is 0.225 e. The second-order valence-electron chi connectivity index (χ2n) is 7.31. The van der Waals surface area contributed by atoms with E-state index in [-0.39, 0.29) is 35.8 Å². The van der Waals surface area contributed by atoms with Crippen molar-refractivity contribution in [2.24, 2.45) is 0 Å². The van der Waals surface area contributed by atoms with E-state index in [1.54, 1.807) is 12.1 Å². The number of benzene rings is 2. The van der Waals surface area contributed by atoms with Crippen LogP contribution in [0.2, 0.25) is 0 Å². The van der Waals surface area contributed by atoms with Gasteiger partial charge >= 0.3 is 0 Å². The number of ketones is 1. The van der Waals surface area contributed by atoms with Crippen LogP contribution in [0.1, 0.15) is 47.8 Å². The third-order valence-electron chi connectivity index (χ3n) is 5.43. The summed E-state index contributed by atoms with van der Waals surface area (Å²) in [6.07, 6.45) is 1.27. The number of carbonyl (C=O) groups is 2. The highest BCUT2D eigenvalue weighted by molar-refractivity contribution is 9.10. The Balaban J connectivity index is 1.71. The first-order valence-electron chi connectivity index (χ1n) is 9.00. The summed E-state index contributed by atoms with van der Waals surface area (Å²) < 4.78 is 14.0. The van der Waals surface area contributed by atoms with Gasteiger partial charge in [0, 0.05) is 30.0 Å².